The number of aliphatic imine (C=N–C) groups is 2. The van der Waals surface area contributed by atoms with E-state index in [0.717, 1.165) is 43.4 Å². The standard InChI is InChI=1S/C26H28F4N6.C2H6/c27-20-8-6-19(7-9-20)22-10-11-23(33-25(32-22)36-13-2-1-3-14-36)34-15-17-35(18-16-34)24-21(26(28,29)30)5-4-12-31-24;1-2/h4-12,22H,1-3,13-18H2;1-2H3. The number of piperazine rings is 1. The molecule has 2 aromatic rings. The van der Waals surface area contributed by atoms with Crippen LogP contribution < -0.4 is 4.90 Å². The maximum absolute atomic E-state index is 13.5. The monoisotopic (exact) mass is 530 g/mol. The van der Waals surface area contributed by atoms with Gasteiger partial charge in [-0.3, -0.25) is 0 Å². The van der Waals surface area contributed by atoms with E-state index >= 15 is 0 Å². The Morgan fingerprint density at radius 3 is 2.13 bits per heavy atom. The molecule has 4 heterocycles. The van der Waals surface area contributed by atoms with Crippen LogP contribution in [0.25, 0.3) is 0 Å². The van der Waals surface area contributed by atoms with Crippen LogP contribution in [0.4, 0.5) is 23.4 Å². The van der Waals surface area contributed by atoms with Gasteiger partial charge in [0.15, 0.2) is 0 Å². The number of hydrogen-bond donors (Lipinski definition) is 0. The maximum Gasteiger partial charge on any atom is 0.419 e. The minimum atomic E-state index is -4.45. The Morgan fingerprint density at radius 1 is 0.816 bits per heavy atom. The number of rotatable bonds is 2. The van der Waals surface area contributed by atoms with Crippen molar-refractivity contribution in [2.75, 3.05) is 44.2 Å². The van der Waals surface area contributed by atoms with E-state index in [2.05, 4.69) is 14.8 Å². The Morgan fingerprint density at radius 2 is 1.47 bits per heavy atom. The van der Waals surface area contributed by atoms with Crippen LogP contribution in [0.5, 0.6) is 0 Å². The van der Waals surface area contributed by atoms with Gasteiger partial charge >= 0.3 is 6.18 Å². The molecule has 0 radical (unpaired) electrons. The smallest absolute Gasteiger partial charge is 0.353 e. The van der Waals surface area contributed by atoms with Crippen molar-refractivity contribution in [1.82, 2.24) is 14.8 Å². The summed E-state index contributed by atoms with van der Waals surface area (Å²) in [4.78, 5) is 19.8. The third kappa shape index (κ3) is 6.52. The summed E-state index contributed by atoms with van der Waals surface area (Å²) < 4.78 is 54.0. The third-order valence-corrected chi connectivity index (χ3v) is 6.74. The summed E-state index contributed by atoms with van der Waals surface area (Å²) in [5.74, 6) is 1.05. The molecule has 2 saturated heterocycles. The zero-order chi connectivity index (χ0) is 27.1. The minimum absolute atomic E-state index is 0.0325. The van der Waals surface area contributed by atoms with E-state index < -0.39 is 11.7 Å². The summed E-state index contributed by atoms with van der Waals surface area (Å²) >= 11 is 0. The van der Waals surface area contributed by atoms with Gasteiger partial charge in [-0.15, -0.1) is 0 Å². The molecule has 3 aliphatic rings. The minimum Gasteiger partial charge on any atom is -0.353 e. The fourth-order valence-electron chi connectivity index (χ4n) is 4.80. The SMILES string of the molecule is CC.Fc1ccc(C2C=CC(N3CCN(c4ncccc4C(F)(F)F)CC3)=NC(N3CCCCC3)=N2)cc1. The van der Waals surface area contributed by atoms with Crippen LogP contribution in [0.2, 0.25) is 0 Å². The summed E-state index contributed by atoms with van der Waals surface area (Å²) in [5, 5.41) is 0. The van der Waals surface area contributed by atoms with Crippen LogP contribution >= 0.6 is 0 Å². The van der Waals surface area contributed by atoms with Gasteiger partial charge in [0.1, 0.15) is 17.5 Å². The maximum atomic E-state index is 13.5. The fraction of sp³-hybridized carbons (Fsp3) is 0.464. The fourth-order valence-corrected chi connectivity index (χ4v) is 4.80. The van der Waals surface area contributed by atoms with Crippen molar-refractivity contribution in [1.29, 1.82) is 0 Å². The topological polar surface area (TPSA) is 47.3 Å². The first-order valence-electron chi connectivity index (χ1n) is 13.3. The van der Waals surface area contributed by atoms with E-state index in [1.165, 1.54) is 30.8 Å². The van der Waals surface area contributed by atoms with E-state index in [0.29, 0.717) is 32.1 Å². The number of alkyl halides is 3. The van der Waals surface area contributed by atoms with Crippen LogP contribution in [0.1, 0.15) is 50.3 Å². The van der Waals surface area contributed by atoms with Gasteiger partial charge in [-0.2, -0.15) is 18.2 Å². The Kier molecular flexibility index (Phi) is 9.01. The van der Waals surface area contributed by atoms with Crippen LogP contribution in [-0.2, 0) is 6.18 Å². The lowest BCUT2D eigenvalue weighted by Crippen LogP contribution is -2.49. The molecule has 204 valence electrons. The normalized spacial score (nSPS) is 20.3. The van der Waals surface area contributed by atoms with Gasteiger partial charge in [-0.1, -0.05) is 32.1 Å². The summed E-state index contributed by atoms with van der Waals surface area (Å²) in [6.45, 7) is 7.55. The molecule has 0 aliphatic carbocycles. The number of aromatic nitrogens is 1. The molecular weight excluding hydrogens is 496 g/mol. The van der Waals surface area contributed by atoms with Crippen LogP contribution in [0.3, 0.4) is 0 Å². The molecule has 0 saturated carbocycles. The molecule has 6 nitrogen and oxygen atoms in total. The molecule has 1 atom stereocenters. The van der Waals surface area contributed by atoms with Crippen molar-refractivity contribution in [3.05, 3.63) is 71.7 Å². The van der Waals surface area contributed by atoms with Gasteiger partial charge in [0.2, 0.25) is 5.96 Å². The number of piperidine rings is 1. The summed E-state index contributed by atoms with van der Waals surface area (Å²) in [5.41, 5.74) is 0.157. The highest BCUT2D eigenvalue weighted by Crippen LogP contribution is 2.35. The quantitative estimate of drug-likeness (QED) is 0.451. The highest BCUT2D eigenvalue weighted by atomic mass is 19.4. The van der Waals surface area contributed by atoms with Crippen molar-refractivity contribution in [2.45, 2.75) is 45.3 Å². The van der Waals surface area contributed by atoms with Gasteiger partial charge in [0.05, 0.1) is 11.6 Å². The lowest BCUT2D eigenvalue weighted by molar-refractivity contribution is -0.137. The summed E-state index contributed by atoms with van der Waals surface area (Å²) in [7, 11) is 0. The zero-order valence-corrected chi connectivity index (χ0v) is 21.8. The highest BCUT2D eigenvalue weighted by molar-refractivity contribution is 6.03. The molecule has 1 aromatic carbocycles. The average Bonchev–Trinajstić information content (AvgIpc) is 3.18. The number of amidine groups is 1. The van der Waals surface area contributed by atoms with Crippen molar-refractivity contribution in [2.24, 2.45) is 9.98 Å². The molecule has 5 rings (SSSR count). The second-order valence-corrected chi connectivity index (χ2v) is 9.15. The number of anilines is 1. The summed E-state index contributed by atoms with van der Waals surface area (Å²) in [6, 6.07) is 8.41. The number of nitrogens with zero attached hydrogens (tertiary/aromatic N) is 6. The van der Waals surface area contributed by atoms with E-state index in [1.54, 1.807) is 17.0 Å². The number of halogens is 4. The molecule has 0 bridgehead atoms. The molecule has 0 amide bonds. The van der Waals surface area contributed by atoms with Gasteiger partial charge in [-0.25, -0.2) is 14.4 Å². The van der Waals surface area contributed by atoms with Crippen LogP contribution in [-0.4, -0.2) is 65.8 Å². The van der Waals surface area contributed by atoms with E-state index in [-0.39, 0.29) is 17.7 Å². The Hall–Kier alpha value is -3.43. The lowest BCUT2D eigenvalue weighted by atomic mass is 10.1. The Labute approximate surface area is 221 Å². The first-order valence-corrected chi connectivity index (χ1v) is 13.3. The highest BCUT2D eigenvalue weighted by Gasteiger charge is 2.36. The van der Waals surface area contributed by atoms with Gasteiger partial charge in [0.25, 0.3) is 0 Å². The van der Waals surface area contributed by atoms with Gasteiger partial charge in [-0.05, 0) is 55.2 Å². The third-order valence-electron chi connectivity index (χ3n) is 6.74. The van der Waals surface area contributed by atoms with E-state index in [9.17, 15) is 17.6 Å². The molecule has 1 aromatic heterocycles. The molecule has 2 fully saturated rings. The molecule has 1 unspecified atom stereocenters. The molecule has 0 spiro atoms. The predicted molar refractivity (Wildman–Crippen MR) is 143 cm³/mol. The van der Waals surface area contributed by atoms with Crippen molar-refractivity contribution < 1.29 is 17.6 Å². The van der Waals surface area contributed by atoms with Crippen LogP contribution in [0.15, 0.2) is 64.7 Å². The number of pyridine rings is 1. The van der Waals surface area contributed by atoms with Crippen LogP contribution in [0, 0.1) is 5.82 Å². The first-order chi connectivity index (χ1) is 18.4. The number of likely N-dealkylation sites (tertiary alicyclic amines) is 1. The number of benzene rings is 1. The van der Waals surface area contributed by atoms with Crippen molar-refractivity contribution >= 4 is 17.6 Å². The van der Waals surface area contributed by atoms with Crippen molar-refractivity contribution in [3.8, 4) is 0 Å². The van der Waals surface area contributed by atoms with E-state index in [1.807, 2.05) is 26.0 Å². The predicted octanol–water partition coefficient (Wildman–Crippen LogP) is 5.94. The summed E-state index contributed by atoms with van der Waals surface area (Å²) in [6.07, 6.45) is 4.14. The second kappa shape index (κ2) is 12.4. The van der Waals surface area contributed by atoms with Gasteiger partial charge in [0, 0.05) is 45.5 Å². The molecule has 10 heteroatoms. The molecule has 38 heavy (non-hydrogen) atoms. The zero-order valence-electron chi connectivity index (χ0n) is 21.8. The number of hydrogen-bond acceptors (Lipinski definition) is 6. The Bertz CT molecular complexity index is 1140. The molecule has 0 N–H and O–H groups in total. The van der Waals surface area contributed by atoms with E-state index in [4.69, 9.17) is 9.98 Å². The Balaban J connectivity index is 0.00000164. The van der Waals surface area contributed by atoms with Crippen molar-refractivity contribution in [3.63, 3.8) is 0 Å². The lowest BCUT2D eigenvalue weighted by Gasteiger charge is -2.37. The molecule has 3 aliphatic heterocycles. The average molecular weight is 531 g/mol. The second-order valence-electron chi connectivity index (χ2n) is 9.15. The largest absolute Gasteiger partial charge is 0.419 e. The first kappa shape index (κ1) is 27.6. The number of guanidine groups is 1. The van der Waals surface area contributed by atoms with Gasteiger partial charge < -0.3 is 14.7 Å². The molecular formula is C28H34F4N6.